The van der Waals surface area contributed by atoms with E-state index in [0.717, 1.165) is 35.4 Å². The molecule has 3 atom stereocenters. The number of amides is 1. The molecule has 2 aromatic rings. The van der Waals surface area contributed by atoms with Crippen molar-refractivity contribution in [2.75, 3.05) is 19.0 Å². The molecule has 0 aromatic heterocycles. The van der Waals surface area contributed by atoms with Crippen molar-refractivity contribution in [2.24, 2.45) is 5.92 Å². The summed E-state index contributed by atoms with van der Waals surface area (Å²) in [5.41, 5.74) is 4.03. The third-order valence-electron chi connectivity index (χ3n) is 5.65. The van der Waals surface area contributed by atoms with E-state index in [0.29, 0.717) is 18.4 Å². The number of hydrogen-bond donors (Lipinski definition) is 2. The number of carbonyl (C=O) groups excluding carboxylic acids is 1. The van der Waals surface area contributed by atoms with Gasteiger partial charge in [-0.15, -0.1) is 0 Å². The number of hydrogen-bond acceptors (Lipinski definition) is 3. The fourth-order valence-electron chi connectivity index (χ4n) is 4.38. The third kappa shape index (κ3) is 3.09. The predicted molar refractivity (Wildman–Crippen MR) is 108 cm³/mol. The van der Waals surface area contributed by atoms with E-state index in [9.17, 15) is 4.79 Å². The molecule has 1 aliphatic carbocycles. The van der Waals surface area contributed by atoms with Crippen molar-refractivity contribution >= 4 is 11.6 Å². The topological polar surface area (TPSA) is 50.4 Å². The minimum Gasteiger partial charge on any atom is -0.496 e. The van der Waals surface area contributed by atoms with E-state index < -0.39 is 0 Å². The van der Waals surface area contributed by atoms with Gasteiger partial charge in [0.05, 0.1) is 24.4 Å². The lowest BCUT2D eigenvalue weighted by atomic mass is 9.76. The molecule has 27 heavy (non-hydrogen) atoms. The maximum atomic E-state index is 12.7. The number of methoxy groups -OCH3 is 1. The Morgan fingerprint density at radius 2 is 2.00 bits per heavy atom. The second-order valence-electron chi connectivity index (χ2n) is 7.24. The molecular weight excluding hydrogens is 336 g/mol. The first-order chi connectivity index (χ1) is 13.2. The van der Waals surface area contributed by atoms with Gasteiger partial charge >= 0.3 is 0 Å². The van der Waals surface area contributed by atoms with Gasteiger partial charge < -0.3 is 15.4 Å². The fraction of sp³-hybridized carbons (Fsp3) is 0.348. The van der Waals surface area contributed by atoms with Crippen LogP contribution in [0.5, 0.6) is 5.75 Å². The van der Waals surface area contributed by atoms with Crippen LogP contribution in [0.4, 0.5) is 5.69 Å². The first kappa shape index (κ1) is 17.7. The van der Waals surface area contributed by atoms with Gasteiger partial charge in [-0.1, -0.05) is 49.4 Å². The van der Waals surface area contributed by atoms with Gasteiger partial charge in [-0.2, -0.15) is 0 Å². The highest BCUT2D eigenvalue weighted by molar-refractivity contribution is 6.00. The number of fused-ring (bicyclic) bond motifs is 3. The monoisotopic (exact) mass is 362 g/mol. The van der Waals surface area contributed by atoms with Gasteiger partial charge in [0.1, 0.15) is 5.75 Å². The van der Waals surface area contributed by atoms with Crippen LogP contribution in [0.1, 0.15) is 53.2 Å². The summed E-state index contributed by atoms with van der Waals surface area (Å²) in [6, 6.07) is 14.3. The van der Waals surface area contributed by atoms with Gasteiger partial charge in [0.2, 0.25) is 0 Å². The molecule has 1 aliphatic heterocycles. The van der Waals surface area contributed by atoms with Gasteiger partial charge in [-0.25, -0.2) is 0 Å². The van der Waals surface area contributed by atoms with Gasteiger partial charge in [0.25, 0.3) is 5.91 Å². The van der Waals surface area contributed by atoms with Crippen LogP contribution in [-0.4, -0.2) is 19.6 Å². The van der Waals surface area contributed by atoms with E-state index in [2.05, 4.69) is 41.8 Å². The highest BCUT2D eigenvalue weighted by Gasteiger charge is 2.40. The minimum atomic E-state index is -0.0135. The van der Waals surface area contributed by atoms with Crippen molar-refractivity contribution in [3.8, 4) is 5.75 Å². The summed E-state index contributed by atoms with van der Waals surface area (Å²) in [5, 5.41) is 6.72. The van der Waals surface area contributed by atoms with Crippen LogP contribution in [0.15, 0.2) is 54.6 Å². The number of para-hydroxylation sites is 2. The minimum absolute atomic E-state index is 0.0135. The van der Waals surface area contributed by atoms with E-state index in [4.69, 9.17) is 4.74 Å². The van der Waals surface area contributed by atoms with Gasteiger partial charge in [0, 0.05) is 18.0 Å². The number of carbonyl (C=O) groups is 1. The molecule has 2 aromatic carbocycles. The number of ether oxygens (including phenoxy) is 1. The Labute approximate surface area is 160 Å². The average molecular weight is 362 g/mol. The third-order valence-corrected chi connectivity index (χ3v) is 5.65. The molecule has 140 valence electrons. The molecule has 0 spiro atoms. The summed E-state index contributed by atoms with van der Waals surface area (Å²) in [5.74, 6) is 1.61. The normalized spacial score (nSPS) is 22.5. The zero-order valence-corrected chi connectivity index (χ0v) is 15.9. The first-order valence-electron chi connectivity index (χ1n) is 9.71. The molecule has 3 unspecified atom stereocenters. The van der Waals surface area contributed by atoms with Crippen LogP contribution in [0, 0.1) is 5.92 Å². The molecule has 0 saturated carbocycles. The predicted octanol–water partition coefficient (Wildman–Crippen LogP) is 4.66. The number of allylic oxidation sites excluding steroid dienone is 2. The van der Waals surface area contributed by atoms with Crippen LogP contribution >= 0.6 is 0 Å². The van der Waals surface area contributed by atoms with Crippen molar-refractivity contribution in [1.29, 1.82) is 0 Å². The molecule has 4 rings (SSSR count). The quantitative estimate of drug-likeness (QED) is 0.761. The Morgan fingerprint density at radius 1 is 1.19 bits per heavy atom. The van der Waals surface area contributed by atoms with Crippen LogP contribution in [0.25, 0.3) is 0 Å². The van der Waals surface area contributed by atoms with Crippen molar-refractivity contribution in [2.45, 2.75) is 31.7 Å². The van der Waals surface area contributed by atoms with Gasteiger partial charge in [-0.05, 0) is 36.5 Å². The molecule has 1 amide bonds. The first-order valence-corrected chi connectivity index (χ1v) is 9.71. The molecule has 2 aliphatic rings. The summed E-state index contributed by atoms with van der Waals surface area (Å²) >= 11 is 0. The van der Waals surface area contributed by atoms with Crippen molar-refractivity contribution in [3.05, 3.63) is 71.3 Å². The molecular formula is C23H26N2O2. The molecule has 1 heterocycles. The zero-order valence-electron chi connectivity index (χ0n) is 15.9. The number of rotatable bonds is 5. The van der Waals surface area contributed by atoms with Crippen LogP contribution in [-0.2, 0) is 0 Å². The SMILES string of the molecule is CCCNC(=O)c1cccc2c1NC(c1ccccc1OC)C1CC=CC21. The molecule has 0 saturated heterocycles. The summed E-state index contributed by atoms with van der Waals surface area (Å²) in [6.07, 6.45) is 6.50. The van der Waals surface area contributed by atoms with E-state index in [1.54, 1.807) is 7.11 Å². The second-order valence-corrected chi connectivity index (χ2v) is 7.24. The van der Waals surface area contributed by atoms with Crippen LogP contribution in [0.2, 0.25) is 0 Å². The van der Waals surface area contributed by atoms with Crippen LogP contribution in [0.3, 0.4) is 0 Å². The van der Waals surface area contributed by atoms with Crippen molar-refractivity contribution in [3.63, 3.8) is 0 Å². The highest BCUT2D eigenvalue weighted by atomic mass is 16.5. The molecule has 2 N–H and O–H groups in total. The maximum absolute atomic E-state index is 12.7. The van der Waals surface area contributed by atoms with Gasteiger partial charge in [-0.3, -0.25) is 4.79 Å². The lowest BCUT2D eigenvalue weighted by molar-refractivity contribution is 0.0954. The Kier molecular flexibility index (Phi) is 4.88. The van der Waals surface area contributed by atoms with Crippen molar-refractivity contribution in [1.82, 2.24) is 5.32 Å². The largest absolute Gasteiger partial charge is 0.496 e. The van der Waals surface area contributed by atoms with Crippen molar-refractivity contribution < 1.29 is 9.53 Å². The summed E-state index contributed by atoms with van der Waals surface area (Å²) in [6.45, 7) is 2.75. The fourth-order valence-corrected chi connectivity index (χ4v) is 4.38. The molecule has 4 heteroatoms. The lowest BCUT2D eigenvalue weighted by Gasteiger charge is -2.38. The summed E-state index contributed by atoms with van der Waals surface area (Å²) < 4.78 is 5.63. The summed E-state index contributed by atoms with van der Waals surface area (Å²) in [4.78, 5) is 12.7. The Morgan fingerprint density at radius 3 is 2.81 bits per heavy atom. The van der Waals surface area contributed by atoms with Gasteiger partial charge in [0.15, 0.2) is 0 Å². The highest BCUT2D eigenvalue weighted by Crippen LogP contribution is 2.51. The Bertz CT molecular complexity index is 874. The average Bonchev–Trinajstić information content (AvgIpc) is 3.21. The molecule has 4 nitrogen and oxygen atoms in total. The van der Waals surface area contributed by atoms with Crippen LogP contribution < -0.4 is 15.4 Å². The standard InChI is InChI=1S/C23H26N2O2/c1-3-14-24-23(26)19-12-7-11-17-15-9-6-10-16(15)21(25-22(17)19)18-8-4-5-13-20(18)27-2/h4-9,11-13,15-16,21,25H,3,10,14H2,1-2H3,(H,24,26). The second kappa shape index (κ2) is 7.47. The Hall–Kier alpha value is -2.75. The smallest absolute Gasteiger partial charge is 0.253 e. The van der Waals surface area contributed by atoms with E-state index in [1.165, 1.54) is 5.56 Å². The van der Waals surface area contributed by atoms with E-state index in [-0.39, 0.29) is 11.9 Å². The Balaban J connectivity index is 1.78. The van der Waals surface area contributed by atoms with E-state index in [1.807, 2.05) is 30.3 Å². The molecule has 0 bridgehead atoms. The summed E-state index contributed by atoms with van der Waals surface area (Å²) in [7, 11) is 1.71. The van der Waals surface area contributed by atoms with E-state index >= 15 is 0 Å². The zero-order chi connectivity index (χ0) is 18.8. The molecule has 0 radical (unpaired) electrons. The number of nitrogens with one attached hydrogen (secondary N) is 2. The number of anilines is 1. The number of benzene rings is 2. The molecule has 0 fully saturated rings. The lowest BCUT2D eigenvalue weighted by Crippen LogP contribution is -2.32. The maximum Gasteiger partial charge on any atom is 0.253 e.